The van der Waals surface area contributed by atoms with Crippen molar-refractivity contribution >= 4 is 5.97 Å². The number of carboxylic acid groups (broad SMARTS) is 1. The summed E-state index contributed by atoms with van der Waals surface area (Å²) in [6.07, 6.45) is 6.19. The van der Waals surface area contributed by atoms with Gasteiger partial charge in [0.15, 0.2) is 0 Å². The molecule has 1 aromatic carbocycles. The number of aliphatic hydroxyl groups excluding tert-OH is 2. The van der Waals surface area contributed by atoms with Gasteiger partial charge in [-0.05, 0) is 25.5 Å². The monoisotopic (exact) mass is 305 g/mol. The molecule has 1 saturated heterocycles. The smallest absolute Gasteiger partial charge is 0.313 e. The lowest BCUT2D eigenvalue weighted by atomic mass is 10.00. The summed E-state index contributed by atoms with van der Waals surface area (Å²) >= 11 is 0. The summed E-state index contributed by atoms with van der Waals surface area (Å²) in [5, 5.41) is 26.8. The molecule has 0 saturated carbocycles. The molecule has 0 aromatic heterocycles. The molecule has 1 fully saturated rings. The van der Waals surface area contributed by atoms with E-state index in [1.807, 2.05) is 0 Å². The second-order valence-corrected chi connectivity index (χ2v) is 5.79. The maximum atomic E-state index is 10.6. The normalized spacial score (nSPS) is 27.9. The summed E-state index contributed by atoms with van der Waals surface area (Å²) < 4.78 is 0. The van der Waals surface area contributed by atoms with E-state index in [4.69, 9.17) is 10.2 Å². The molecule has 5 nitrogen and oxygen atoms in total. The fraction of sp³-hybridized carbons (Fsp3) is 0.471. The van der Waals surface area contributed by atoms with E-state index in [2.05, 4.69) is 24.1 Å². The van der Waals surface area contributed by atoms with Gasteiger partial charge in [-0.3, -0.25) is 9.69 Å². The lowest BCUT2D eigenvalue weighted by molar-refractivity contribution is -0.139. The maximum Gasteiger partial charge on any atom is 0.313 e. The Bertz CT molecular complexity index is 501. The van der Waals surface area contributed by atoms with Gasteiger partial charge in [0, 0.05) is 12.1 Å². The van der Waals surface area contributed by atoms with Crippen LogP contribution in [-0.2, 0) is 4.79 Å². The molecule has 0 aliphatic carbocycles. The molecule has 1 aromatic rings. The molecule has 3 N–H and O–H groups in total. The van der Waals surface area contributed by atoms with Crippen LogP contribution < -0.4 is 0 Å². The summed E-state index contributed by atoms with van der Waals surface area (Å²) in [4.78, 5) is 12.9. The minimum absolute atomic E-state index is 0.0683. The molecule has 120 valence electrons. The molecule has 3 rings (SSSR count). The van der Waals surface area contributed by atoms with Crippen molar-refractivity contribution in [2.24, 2.45) is 0 Å². The fourth-order valence-corrected chi connectivity index (χ4v) is 2.93. The van der Waals surface area contributed by atoms with E-state index < -0.39 is 11.9 Å². The molecule has 22 heavy (non-hydrogen) atoms. The number of hydrogen-bond donors (Lipinski definition) is 3. The Morgan fingerprint density at radius 2 is 1.77 bits per heavy atom. The fourth-order valence-electron chi connectivity index (χ4n) is 2.93. The Balaban J connectivity index is 0.000000162. The van der Waals surface area contributed by atoms with Crippen molar-refractivity contribution in [3.05, 3.63) is 48.0 Å². The topological polar surface area (TPSA) is 81.0 Å². The number of nitrogens with zero attached hydrogens (tertiary/aromatic N) is 1. The largest absolute Gasteiger partial charge is 0.481 e. The van der Waals surface area contributed by atoms with Crippen molar-refractivity contribution < 1.29 is 20.1 Å². The molecule has 3 unspecified atom stereocenters. The minimum Gasteiger partial charge on any atom is -0.481 e. The number of piperidine rings is 1. The Hall–Kier alpha value is -1.69. The Morgan fingerprint density at radius 3 is 2.23 bits per heavy atom. The molecule has 0 amide bonds. The lowest BCUT2D eigenvalue weighted by Gasteiger charge is -2.34. The SMILES string of the molecule is CN1C2C=CC1CC(O)C2.O=C(O)C(CO)c1ccccc1. The van der Waals surface area contributed by atoms with Gasteiger partial charge in [-0.2, -0.15) is 0 Å². The number of aliphatic hydroxyl groups is 2. The van der Waals surface area contributed by atoms with Crippen LogP contribution in [0.3, 0.4) is 0 Å². The van der Waals surface area contributed by atoms with Crippen LogP contribution >= 0.6 is 0 Å². The zero-order valence-electron chi connectivity index (χ0n) is 12.7. The van der Waals surface area contributed by atoms with Gasteiger partial charge in [-0.15, -0.1) is 0 Å². The van der Waals surface area contributed by atoms with Gasteiger partial charge in [0.1, 0.15) is 5.92 Å². The van der Waals surface area contributed by atoms with Crippen molar-refractivity contribution in [1.82, 2.24) is 4.90 Å². The van der Waals surface area contributed by atoms with E-state index in [1.165, 1.54) is 0 Å². The Morgan fingerprint density at radius 1 is 1.23 bits per heavy atom. The first-order valence-corrected chi connectivity index (χ1v) is 7.50. The molecule has 3 atom stereocenters. The van der Waals surface area contributed by atoms with E-state index in [0.29, 0.717) is 17.6 Å². The summed E-state index contributed by atoms with van der Waals surface area (Å²) in [7, 11) is 2.13. The van der Waals surface area contributed by atoms with Crippen LogP contribution in [0, 0.1) is 0 Å². The number of rotatable bonds is 3. The van der Waals surface area contributed by atoms with Gasteiger partial charge < -0.3 is 15.3 Å². The van der Waals surface area contributed by atoms with E-state index in [-0.39, 0.29) is 12.7 Å². The third-order valence-electron chi connectivity index (χ3n) is 4.31. The van der Waals surface area contributed by atoms with Crippen molar-refractivity contribution in [2.45, 2.75) is 36.9 Å². The number of carbonyl (C=O) groups is 1. The predicted molar refractivity (Wildman–Crippen MR) is 83.6 cm³/mol. The van der Waals surface area contributed by atoms with Crippen molar-refractivity contribution in [1.29, 1.82) is 0 Å². The predicted octanol–water partition coefficient (Wildman–Crippen LogP) is 1.23. The molecule has 5 heteroatoms. The van der Waals surface area contributed by atoms with Crippen LogP contribution in [0.15, 0.2) is 42.5 Å². The molecule has 2 heterocycles. The first-order chi connectivity index (χ1) is 10.5. The standard InChI is InChI=1S/C9H10O3.C8H13NO/c10-6-8(9(11)12)7-4-2-1-3-5-7;1-9-6-2-3-7(9)5-8(10)4-6/h1-5,8,10H,6H2,(H,11,12);2-3,6-8,10H,4-5H2,1H3. The summed E-state index contributed by atoms with van der Waals surface area (Å²) in [5.41, 5.74) is 0.632. The third-order valence-corrected chi connectivity index (χ3v) is 4.31. The van der Waals surface area contributed by atoms with E-state index in [1.54, 1.807) is 30.3 Å². The highest BCUT2D eigenvalue weighted by Crippen LogP contribution is 2.28. The van der Waals surface area contributed by atoms with Crippen molar-refractivity contribution in [3.8, 4) is 0 Å². The summed E-state index contributed by atoms with van der Waals surface area (Å²) in [5.74, 6) is -1.80. The zero-order chi connectivity index (χ0) is 16.1. The molecular formula is C17H23NO4. The summed E-state index contributed by atoms with van der Waals surface area (Å²) in [6.45, 7) is -0.362. The molecule has 2 aliphatic rings. The van der Waals surface area contributed by atoms with E-state index in [0.717, 1.165) is 12.8 Å². The van der Waals surface area contributed by atoms with Crippen molar-refractivity contribution in [2.75, 3.05) is 13.7 Å². The highest BCUT2D eigenvalue weighted by atomic mass is 16.4. The third kappa shape index (κ3) is 3.94. The quantitative estimate of drug-likeness (QED) is 0.732. The van der Waals surface area contributed by atoms with Gasteiger partial charge >= 0.3 is 5.97 Å². The molecule has 2 bridgehead atoms. The first kappa shape index (κ1) is 16.7. The number of hydrogen-bond acceptors (Lipinski definition) is 4. The highest BCUT2D eigenvalue weighted by Gasteiger charge is 2.33. The average molecular weight is 305 g/mol. The second kappa shape index (κ2) is 7.54. The average Bonchev–Trinajstić information content (AvgIpc) is 2.72. The Labute approximate surface area is 130 Å². The number of carboxylic acids is 1. The number of fused-ring (bicyclic) bond motifs is 2. The molecular weight excluding hydrogens is 282 g/mol. The van der Waals surface area contributed by atoms with Gasteiger partial charge in [-0.1, -0.05) is 42.5 Å². The highest BCUT2D eigenvalue weighted by molar-refractivity contribution is 5.76. The van der Waals surface area contributed by atoms with Gasteiger partial charge in [0.05, 0.1) is 12.7 Å². The van der Waals surface area contributed by atoms with Crippen LogP contribution in [0.4, 0.5) is 0 Å². The van der Waals surface area contributed by atoms with Crippen LogP contribution in [-0.4, -0.2) is 58.0 Å². The van der Waals surface area contributed by atoms with Crippen LogP contribution in [0.1, 0.15) is 24.3 Å². The number of benzene rings is 1. The van der Waals surface area contributed by atoms with Gasteiger partial charge in [0.2, 0.25) is 0 Å². The second-order valence-electron chi connectivity index (χ2n) is 5.79. The summed E-state index contributed by atoms with van der Waals surface area (Å²) in [6, 6.07) is 9.70. The van der Waals surface area contributed by atoms with Crippen LogP contribution in [0.25, 0.3) is 0 Å². The van der Waals surface area contributed by atoms with Gasteiger partial charge in [-0.25, -0.2) is 0 Å². The van der Waals surface area contributed by atoms with E-state index in [9.17, 15) is 9.90 Å². The van der Waals surface area contributed by atoms with E-state index >= 15 is 0 Å². The lowest BCUT2D eigenvalue weighted by Crippen LogP contribution is -2.42. The minimum atomic E-state index is -0.997. The van der Waals surface area contributed by atoms with Gasteiger partial charge in [0.25, 0.3) is 0 Å². The number of aliphatic carboxylic acids is 1. The molecule has 2 aliphatic heterocycles. The van der Waals surface area contributed by atoms with Crippen LogP contribution in [0.5, 0.6) is 0 Å². The Kier molecular flexibility index (Phi) is 5.71. The van der Waals surface area contributed by atoms with Crippen molar-refractivity contribution in [3.63, 3.8) is 0 Å². The zero-order valence-corrected chi connectivity index (χ0v) is 12.7. The first-order valence-electron chi connectivity index (χ1n) is 7.50. The maximum absolute atomic E-state index is 10.6. The van der Waals surface area contributed by atoms with Crippen LogP contribution in [0.2, 0.25) is 0 Å². The molecule has 0 spiro atoms. The number of likely N-dealkylation sites (N-methyl/N-ethyl adjacent to an activating group) is 1. The molecule has 0 radical (unpaired) electrons.